The Kier molecular flexibility index (Phi) is 6.87. The molecule has 0 aliphatic carbocycles. The predicted octanol–water partition coefficient (Wildman–Crippen LogP) is -4.88. The van der Waals surface area contributed by atoms with E-state index in [0.717, 1.165) is 0 Å². The van der Waals surface area contributed by atoms with Crippen LogP contribution in [-0.2, 0) is 18.9 Å². The van der Waals surface area contributed by atoms with Crippen molar-refractivity contribution in [2.24, 2.45) is 22.9 Å². The maximum atomic E-state index is 10.4. The lowest BCUT2D eigenvalue weighted by atomic mass is 9.95. The largest absolute Gasteiger partial charge is 0.388 e. The van der Waals surface area contributed by atoms with E-state index in [2.05, 4.69) is 0 Å². The van der Waals surface area contributed by atoms with Crippen LogP contribution < -0.4 is 22.9 Å². The highest BCUT2D eigenvalue weighted by Crippen LogP contribution is 2.27. The zero-order valence-electron chi connectivity index (χ0n) is 13.5. The SMILES string of the molecule is CO[C@H]1O[C@H](CN)[C@@H](O[C@H]2O[C@H](CN)[C@@H](O)[C@H](O)[C@H]2N)[C@H](O)[C@H]1N. The second-order valence-electron chi connectivity index (χ2n) is 6.02. The molecular weight excluding hydrogens is 324 g/mol. The van der Waals surface area contributed by atoms with E-state index in [0.29, 0.717) is 0 Å². The lowest BCUT2D eigenvalue weighted by Gasteiger charge is -2.46. The Labute approximate surface area is 139 Å². The van der Waals surface area contributed by atoms with Gasteiger partial charge in [0.25, 0.3) is 0 Å². The molecule has 11 nitrogen and oxygen atoms in total. The minimum Gasteiger partial charge on any atom is -0.388 e. The molecule has 2 heterocycles. The summed E-state index contributed by atoms with van der Waals surface area (Å²) in [5.41, 5.74) is 22.9. The summed E-state index contributed by atoms with van der Waals surface area (Å²) in [6, 6.07) is -1.92. The highest BCUT2D eigenvalue weighted by Gasteiger charge is 2.49. The molecule has 0 saturated carbocycles. The number of hydrogen-bond acceptors (Lipinski definition) is 11. The Hall–Kier alpha value is -0.440. The van der Waals surface area contributed by atoms with Gasteiger partial charge in [0.15, 0.2) is 12.6 Å². The summed E-state index contributed by atoms with van der Waals surface area (Å²) in [7, 11) is 1.40. The molecule has 0 amide bonds. The van der Waals surface area contributed by atoms with E-state index >= 15 is 0 Å². The Morgan fingerprint density at radius 3 is 1.92 bits per heavy atom. The molecule has 2 rings (SSSR count). The van der Waals surface area contributed by atoms with Crippen molar-refractivity contribution < 1.29 is 34.3 Å². The molecule has 0 aromatic rings. The molecule has 2 saturated heterocycles. The van der Waals surface area contributed by atoms with Crippen molar-refractivity contribution in [3.05, 3.63) is 0 Å². The van der Waals surface area contributed by atoms with Crippen LogP contribution >= 0.6 is 0 Å². The van der Waals surface area contributed by atoms with Crippen LogP contribution in [0.1, 0.15) is 0 Å². The van der Waals surface area contributed by atoms with Crippen molar-refractivity contribution in [3.63, 3.8) is 0 Å². The van der Waals surface area contributed by atoms with Crippen molar-refractivity contribution >= 4 is 0 Å². The third-order valence-corrected chi connectivity index (χ3v) is 4.46. The van der Waals surface area contributed by atoms with E-state index in [4.69, 9.17) is 41.9 Å². The van der Waals surface area contributed by atoms with Crippen LogP contribution in [0, 0.1) is 0 Å². The number of ether oxygens (including phenoxy) is 4. The Morgan fingerprint density at radius 1 is 0.833 bits per heavy atom. The van der Waals surface area contributed by atoms with Gasteiger partial charge in [0.1, 0.15) is 36.6 Å². The smallest absolute Gasteiger partial charge is 0.176 e. The maximum Gasteiger partial charge on any atom is 0.176 e. The van der Waals surface area contributed by atoms with Crippen molar-refractivity contribution in [1.82, 2.24) is 0 Å². The van der Waals surface area contributed by atoms with E-state index in [1.54, 1.807) is 0 Å². The fourth-order valence-corrected chi connectivity index (χ4v) is 2.94. The topological polar surface area (TPSA) is 202 Å². The summed E-state index contributed by atoms with van der Waals surface area (Å²) in [5.74, 6) is 0. The third kappa shape index (κ3) is 3.71. The molecule has 0 aromatic carbocycles. The van der Waals surface area contributed by atoms with Gasteiger partial charge in [0.2, 0.25) is 0 Å². The average molecular weight is 352 g/mol. The molecule has 10 atom stereocenters. The first-order valence-electron chi connectivity index (χ1n) is 7.80. The van der Waals surface area contributed by atoms with E-state index in [1.807, 2.05) is 0 Å². The molecule has 2 fully saturated rings. The van der Waals surface area contributed by atoms with Crippen LogP contribution in [-0.4, -0.2) is 96.8 Å². The van der Waals surface area contributed by atoms with Gasteiger partial charge in [-0.2, -0.15) is 0 Å². The van der Waals surface area contributed by atoms with Gasteiger partial charge in [-0.05, 0) is 0 Å². The van der Waals surface area contributed by atoms with E-state index < -0.39 is 61.3 Å². The van der Waals surface area contributed by atoms with Crippen molar-refractivity contribution in [2.75, 3.05) is 20.2 Å². The summed E-state index contributed by atoms with van der Waals surface area (Å²) in [6.45, 7) is -0.0120. The summed E-state index contributed by atoms with van der Waals surface area (Å²) in [5, 5.41) is 30.3. The van der Waals surface area contributed by atoms with Crippen molar-refractivity contribution in [1.29, 1.82) is 0 Å². The summed E-state index contributed by atoms with van der Waals surface area (Å²) >= 11 is 0. The standard InChI is InChI=1S/C13H28N4O7/c1-21-12-7(17)10(20)11(5(3-15)23-12)24-13-6(16)9(19)8(18)4(2-14)22-13/h4-13,18-20H,2-3,14-17H2,1H3/t4-,5-,6-,7-,8-,9-,10-,11-,12+,13-/m1/s1. The van der Waals surface area contributed by atoms with Gasteiger partial charge < -0.3 is 57.2 Å². The maximum absolute atomic E-state index is 10.4. The molecule has 2 aliphatic heterocycles. The van der Waals surface area contributed by atoms with Gasteiger partial charge in [-0.15, -0.1) is 0 Å². The first kappa shape index (κ1) is 19.9. The van der Waals surface area contributed by atoms with Gasteiger partial charge in [0.05, 0.1) is 12.1 Å². The molecule has 11 heteroatoms. The molecule has 2 aliphatic rings. The second kappa shape index (κ2) is 8.29. The number of aliphatic hydroxyl groups is 3. The molecule has 0 bridgehead atoms. The quantitative estimate of drug-likeness (QED) is 0.250. The summed E-state index contributed by atoms with van der Waals surface area (Å²) in [4.78, 5) is 0. The van der Waals surface area contributed by atoms with Gasteiger partial charge >= 0.3 is 0 Å². The fourth-order valence-electron chi connectivity index (χ4n) is 2.94. The molecule has 0 unspecified atom stereocenters. The van der Waals surface area contributed by atoms with Gasteiger partial charge in [-0.3, -0.25) is 0 Å². The van der Waals surface area contributed by atoms with Crippen LogP contribution in [0.4, 0.5) is 0 Å². The molecular formula is C13H28N4O7. The van der Waals surface area contributed by atoms with Gasteiger partial charge in [-0.1, -0.05) is 0 Å². The van der Waals surface area contributed by atoms with E-state index in [9.17, 15) is 15.3 Å². The van der Waals surface area contributed by atoms with Gasteiger partial charge in [-0.25, -0.2) is 0 Å². The van der Waals surface area contributed by atoms with E-state index in [1.165, 1.54) is 7.11 Å². The normalized spacial score (nSPS) is 50.0. The lowest BCUT2D eigenvalue weighted by molar-refractivity contribution is -0.319. The van der Waals surface area contributed by atoms with Crippen molar-refractivity contribution in [3.8, 4) is 0 Å². The van der Waals surface area contributed by atoms with Gasteiger partial charge in [0, 0.05) is 20.2 Å². The van der Waals surface area contributed by atoms with Crippen LogP contribution in [0.15, 0.2) is 0 Å². The molecule has 142 valence electrons. The summed E-state index contributed by atoms with van der Waals surface area (Å²) in [6.07, 6.45) is -8.18. The first-order valence-corrected chi connectivity index (χ1v) is 7.80. The third-order valence-electron chi connectivity index (χ3n) is 4.46. The Morgan fingerprint density at radius 2 is 1.38 bits per heavy atom. The Balaban J connectivity index is 2.12. The monoisotopic (exact) mass is 352 g/mol. The molecule has 0 radical (unpaired) electrons. The minimum atomic E-state index is -1.30. The average Bonchev–Trinajstić information content (AvgIpc) is 2.59. The number of nitrogens with two attached hydrogens (primary N) is 4. The molecule has 0 aromatic heterocycles. The van der Waals surface area contributed by atoms with E-state index in [-0.39, 0.29) is 13.1 Å². The molecule has 11 N–H and O–H groups in total. The van der Waals surface area contributed by atoms with Crippen LogP contribution in [0.25, 0.3) is 0 Å². The number of hydrogen-bond donors (Lipinski definition) is 7. The fraction of sp³-hybridized carbons (Fsp3) is 1.00. The van der Waals surface area contributed by atoms with Crippen LogP contribution in [0.2, 0.25) is 0 Å². The highest BCUT2D eigenvalue weighted by molar-refractivity contribution is 4.96. The zero-order chi connectivity index (χ0) is 18.0. The minimum absolute atomic E-state index is 0.0295. The van der Waals surface area contributed by atoms with Crippen molar-refractivity contribution in [2.45, 2.75) is 61.3 Å². The van der Waals surface area contributed by atoms with Crippen LogP contribution in [0.3, 0.4) is 0 Å². The lowest BCUT2D eigenvalue weighted by Crippen LogP contribution is -2.68. The first-order chi connectivity index (χ1) is 11.3. The molecule has 24 heavy (non-hydrogen) atoms. The number of aliphatic hydroxyl groups excluding tert-OH is 3. The number of rotatable bonds is 5. The Bertz CT molecular complexity index is 403. The predicted molar refractivity (Wildman–Crippen MR) is 81.3 cm³/mol. The second-order valence-corrected chi connectivity index (χ2v) is 6.02. The summed E-state index contributed by atoms with van der Waals surface area (Å²) < 4.78 is 21.8. The number of methoxy groups -OCH3 is 1. The highest BCUT2D eigenvalue weighted by atomic mass is 16.7. The van der Waals surface area contributed by atoms with Crippen LogP contribution in [0.5, 0.6) is 0 Å². The molecule has 0 spiro atoms. The zero-order valence-corrected chi connectivity index (χ0v) is 13.5.